The maximum Gasteiger partial charge on any atom is 0.0905 e. The Balaban J connectivity index is 2.30. The van der Waals surface area contributed by atoms with Gasteiger partial charge in [0.25, 0.3) is 0 Å². The van der Waals surface area contributed by atoms with Crippen molar-refractivity contribution < 1.29 is 9.47 Å². The predicted octanol–water partition coefficient (Wildman–Crippen LogP) is 3.28. The number of hydrogen-bond donors (Lipinski definition) is 0. The molecule has 1 rings (SSSR count). The van der Waals surface area contributed by atoms with Gasteiger partial charge in [-0.3, -0.25) is 0 Å². The van der Waals surface area contributed by atoms with Crippen LogP contribution in [0.15, 0.2) is 21.7 Å². The van der Waals surface area contributed by atoms with Crippen LogP contribution < -0.4 is 0 Å². The Morgan fingerprint density at radius 1 is 1.47 bits per heavy atom. The fourth-order valence-corrected chi connectivity index (χ4v) is 2.98. The maximum absolute atomic E-state index is 5.75. The van der Waals surface area contributed by atoms with Crippen LogP contribution in [0.5, 0.6) is 0 Å². The molecule has 1 atom stereocenters. The van der Waals surface area contributed by atoms with Gasteiger partial charge in [-0.25, -0.2) is 0 Å². The van der Waals surface area contributed by atoms with Gasteiger partial charge >= 0.3 is 0 Å². The first kappa shape index (κ1) is 13.0. The number of rotatable bonds is 7. The van der Waals surface area contributed by atoms with E-state index in [1.165, 1.54) is 4.90 Å². The molecular formula is C11H18O2S2. The molecule has 1 aromatic heterocycles. The highest BCUT2D eigenvalue weighted by Crippen LogP contribution is 2.22. The van der Waals surface area contributed by atoms with Gasteiger partial charge < -0.3 is 9.47 Å². The topological polar surface area (TPSA) is 18.5 Å². The number of methoxy groups -OCH3 is 1. The second kappa shape index (κ2) is 7.28. The van der Waals surface area contributed by atoms with Gasteiger partial charge in [-0.15, -0.1) is 11.8 Å². The molecule has 0 fully saturated rings. The van der Waals surface area contributed by atoms with E-state index in [1.54, 1.807) is 18.4 Å². The molecule has 0 amide bonds. The average molecular weight is 246 g/mol. The highest BCUT2D eigenvalue weighted by Gasteiger charge is 2.11. The first-order valence-electron chi connectivity index (χ1n) is 5.01. The van der Waals surface area contributed by atoms with Crippen LogP contribution in [0.4, 0.5) is 0 Å². The fourth-order valence-electron chi connectivity index (χ4n) is 1.22. The third kappa shape index (κ3) is 5.56. The summed E-state index contributed by atoms with van der Waals surface area (Å²) in [5.74, 6) is 0.947. The molecule has 0 radical (unpaired) electrons. The number of ether oxygens (including phenoxy) is 2. The first-order valence-corrected chi connectivity index (χ1v) is 6.94. The Hall–Kier alpha value is -0.0300. The van der Waals surface area contributed by atoms with Crippen LogP contribution in [0.3, 0.4) is 0 Å². The van der Waals surface area contributed by atoms with E-state index < -0.39 is 0 Å². The molecule has 1 unspecified atom stereocenters. The van der Waals surface area contributed by atoms with Gasteiger partial charge in [0.1, 0.15) is 0 Å². The summed E-state index contributed by atoms with van der Waals surface area (Å²) < 4.78 is 10.9. The largest absolute Gasteiger partial charge is 0.382 e. The Morgan fingerprint density at radius 3 is 2.80 bits per heavy atom. The average Bonchev–Trinajstić information content (AvgIpc) is 2.66. The summed E-state index contributed by atoms with van der Waals surface area (Å²) in [5.41, 5.74) is 0. The van der Waals surface area contributed by atoms with Crippen molar-refractivity contribution in [2.45, 2.75) is 31.0 Å². The van der Waals surface area contributed by atoms with Crippen LogP contribution >= 0.6 is 23.1 Å². The lowest BCUT2D eigenvalue weighted by atomic mass is 10.4. The molecular weight excluding hydrogens is 228 g/mol. The second-order valence-electron chi connectivity index (χ2n) is 3.53. The van der Waals surface area contributed by atoms with Crippen LogP contribution in [0.2, 0.25) is 0 Å². The molecule has 0 bridgehead atoms. The number of thioether (sulfide) groups is 1. The molecule has 0 aliphatic rings. The summed E-state index contributed by atoms with van der Waals surface area (Å²) in [4.78, 5) is 1.31. The van der Waals surface area contributed by atoms with Gasteiger partial charge in [0.05, 0.1) is 18.8 Å². The SMILES string of the molecule is COCC(CSc1ccsc1)OC(C)C. The van der Waals surface area contributed by atoms with E-state index in [1.807, 2.05) is 11.8 Å². The Bertz CT molecular complexity index is 247. The van der Waals surface area contributed by atoms with Crippen molar-refractivity contribution in [2.24, 2.45) is 0 Å². The summed E-state index contributed by atoms with van der Waals surface area (Å²) in [5, 5.41) is 4.25. The smallest absolute Gasteiger partial charge is 0.0905 e. The molecule has 0 saturated carbocycles. The van der Waals surface area contributed by atoms with E-state index in [4.69, 9.17) is 9.47 Å². The molecule has 4 heteroatoms. The molecule has 86 valence electrons. The quantitative estimate of drug-likeness (QED) is 0.688. The molecule has 2 nitrogen and oxygen atoms in total. The van der Waals surface area contributed by atoms with Crippen LogP contribution in [-0.4, -0.2) is 31.7 Å². The summed E-state index contributed by atoms with van der Waals surface area (Å²) in [7, 11) is 1.71. The molecule has 0 aliphatic carbocycles. The van der Waals surface area contributed by atoms with Crippen molar-refractivity contribution in [1.29, 1.82) is 0 Å². The molecule has 0 N–H and O–H groups in total. The Morgan fingerprint density at radius 2 is 2.27 bits per heavy atom. The zero-order valence-corrected chi connectivity index (χ0v) is 11.1. The maximum atomic E-state index is 5.75. The number of thiophene rings is 1. The fraction of sp³-hybridized carbons (Fsp3) is 0.636. The van der Waals surface area contributed by atoms with Crippen LogP contribution in [0.1, 0.15) is 13.8 Å². The minimum atomic E-state index is 0.180. The predicted molar refractivity (Wildman–Crippen MR) is 66.9 cm³/mol. The van der Waals surface area contributed by atoms with E-state index in [0.29, 0.717) is 6.61 Å². The van der Waals surface area contributed by atoms with Gasteiger partial charge in [0.15, 0.2) is 0 Å². The van der Waals surface area contributed by atoms with Gasteiger partial charge in [0.2, 0.25) is 0 Å². The third-order valence-electron chi connectivity index (χ3n) is 1.75. The standard InChI is InChI=1S/C11H18O2S2/c1-9(2)13-10(6-12-3)7-15-11-4-5-14-8-11/h4-5,8-10H,6-7H2,1-3H3. The van der Waals surface area contributed by atoms with Crippen LogP contribution in [0.25, 0.3) is 0 Å². The zero-order chi connectivity index (χ0) is 11.1. The summed E-state index contributed by atoms with van der Waals surface area (Å²) >= 11 is 3.55. The number of hydrogen-bond acceptors (Lipinski definition) is 4. The molecule has 0 saturated heterocycles. The first-order chi connectivity index (χ1) is 7.22. The zero-order valence-electron chi connectivity index (χ0n) is 9.43. The highest BCUT2D eigenvalue weighted by molar-refractivity contribution is 7.99. The van der Waals surface area contributed by atoms with Gasteiger partial charge in [-0.2, -0.15) is 11.3 Å². The third-order valence-corrected chi connectivity index (χ3v) is 3.71. The molecule has 0 aromatic carbocycles. The van der Waals surface area contributed by atoms with Gasteiger partial charge in [-0.05, 0) is 25.3 Å². The molecule has 1 aromatic rings. The van der Waals surface area contributed by atoms with E-state index in [9.17, 15) is 0 Å². The molecule has 1 heterocycles. The second-order valence-corrected chi connectivity index (χ2v) is 5.41. The van der Waals surface area contributed by atoms with E-state index in [2.05, 4.69) is 30.7 Å². The molecule has 0 spiro atoms. The van der Waals surface area contributed by atoms with E-state index in [-0.39, 0.29) is 12.2 Å². The lowest BCUT2D eigenvalue weighted by Crippen LogP contribution is -2.25. The van der Waals surface area contributed by atoms with Crippen LogP contribution in [0, 0.1) is 0 Å². The van der Waals surface area contributed by atoms with Crippen molar-refractivity contribution in [3.8, 4) is 0 Å². The highest BCUT2D eigenvalue weighted by atomic mass is 32.2. The lowest BCUT2D eigenvalue weighted by Gasteiger charge is -2.19. The minimum Gasteiger partial charge on any atom is -0.382 e. The summed E-state index contributed by atoms with van der Waals surface area (Å²) in [6.07, 6.45) is 0.438. The Kier molecular flexibility index (Phi) is 6.32. The van der Waals surface area contributed by atoms with Crippen molar-refractivity contribution in [3.05, 3.63) is 16.8 Å². The minimum absolute atomic E-state index is 0.180. The van der Waals surface area contributed by atoms with E-state index in [0.717, 1.165) is 5.75 Å². The van der Waals surface area contributed by atoms with Crippen molar-refractivity contribution in [2.75, 3.05) is 19.5 Å². The van der Waals surface area contributed by atoms with Gasteiger partial charge in [-0.1, -0.05) is 0 Å². The van der Waals surface area contributed by atoms with Crippen molar-refractivity contribution >= 4 is 23.1 Å². The van der Waals surface area contributed by atoms with Crippen molar-refractivity contribution in [3.63, 3.8) is 0 Å². The molecule has 0 aliphatic heterocycles. The lowest BCUT2D eigenvalue weighted by molar-refractivity contribution is -0.0207. The Labute approximate surface area is 100.0 Å². The molecule has 15 heavy (non-hydrogen) atoms. The monoisotopic (exact) mass is 246 g/mol. The summed E-state index contributed by atoms with van der Waals surface area (Å²) in [6, 6.07) is 2.13. The summed E-state index contributed by atoms with van der Waals surface area (Å²) in [6.45, 7) is 4.77. The van der Waals surface area contributed by atoms with Gasteiger partial charge in [0, 0.05) is 23.1 Å². The van der Waals surface area contributed by atoms with E-state index >= 15 is 0 Å². The van der Waals surface area contributed by atoms with Crippen molar-refractivity contribution in [1.82, 2.24) is 0 Å². The van der Waals surface area contributed by atoms with Crippen LogP contribution in [-0.2, 0) is 9.47 Å². The normalized spacial score (nSPS) is 13.3.